The molecule has 1 aliphatic carbocycles. The second-order valence-electron chi connectivity index (χ2n) is 9.78. The van der Waals surface area contributed by atoms with Crippen LogP contribution in [0.25, 0.3) is 0 Å². The van der Waals surface area contributed by atoms with Crippen molar-refractivity contribution in [2.75, 3.05) is 13.1 Å². The molecule has 2 heterocycles. The molecule has 3 atom stereocenters. The Balaban J connectivity index is 1.54. The Hall–Kier alpha value is -2.27. The summed E-state index contributed by atoms with van der Waals surface area (Å²) in [6, 6.07) is 7.20. The Morgan fingerprint density at radius 1 is 1.06 bits per heavy atom. The highest BCUT2D eigenvalue weighted by atomic mass is 35.5. The number of likely N-dealkylation sites (tertiary alicyclic amines) is 1. The Labute approximate surface area is 213 Å². The van der Waals surface area contributed by atoms with Crippen LogP contribution < -0.4 is 0 Å². The molecule has 11 heteroatoms. The summed E-state index contributed by atoms with van der Waals surface area (Å²) in [4.78, 5) is 14.3. The van der Waals surface area contributed by atoms with Crippen LogP contribution in [-0.2, 0) is 14.8 Å². The molecular formula is C25H27ClF2N2O5S. The summed E-state index contributed by atoms with van der Waals surface area (Å²) in [6.07, 6.45) is 1.56. The number of aliphatic hydroxyl groups excluding tert-OH is 1. The van der Waals surface area contributed by atoms with Crippen molar-refractivity contribution in [1.82, 2.24) is 9.21 Å². The molecule has 2 aromatic rings. The van der Waals surface area contributed by atoms with Gasteiger partial charge >= 0.3 is 6.09 Å². The van der Waals surface area contributed by atoms with Crippen LogP contribution in [0, 0.1) is 11.6 Å². The predicted molar refractivity (Wildman–Crippen MR) is 128 cm³/mol. The lowest BCUT2D eigenvalue weighted by Crippen LogP contribution is -2.54. The number of halogens is 3. The van der Waals surface area contributed by atoms with Crippen molar-refractivity contribution < 1.29 is 31.8 Å². The number of amides is 1. The van der Waals surface area contributed by atoms with Crippen molar-refractivity contribution in [3.63, 3.8) is 0 Å². The molecule has 0 bridgehead atoms. The first kappa shape index (κ1) is 25.4. The molecule has 36 heavy (non-hydrogen) atoms. The molecular weight excluding hydrogens is 514 g/mol. The summed E-state index contributed by atoms with van der Waals surface area (Å²) >= 11 is 5.98. The van der Waals surface area contributed by atoms with Gasteiger partial charge in [0.15, 0.2) is 0 Å². The van der Waals surface area contributed by atoms with Gasteiger partial charge in [-0.15, -0.1) is 0 Å². The molecule has 2 aromatic carbocycles. The van der Waals surface area contributed by atoms with Crippen LogP contribution >= 0.6 is 11.6 Å². The first-order chi connectivity index (χ1) is 17.1. The first-order valence-electron chi connectivity index (χ1n) is 12.0. The summed E-state index contributed by atoms with van der Waals surface area (Å²) in [5.41, 5.74) is -0.839. The Kier molecular flexibility index (Phi) is 6.74. The van der Waals surface area contributed by atoms with E-state index in [4.69, 9.17) is 16.3 Å². The van der Waals surface area contributed by atoms with Crippen LogP contribution in [0.5, 0.6) is 0 Å². The SMILES string of the molecule is O=C(OC1([C@H]2CCC[C@@H](c3cc(F)cc(F)c3)N2S(=O)(=O)c2ccc(Cl)cc2)CC1)N1CC[C@@H](O)C1. The number of aliphatic hydroxyl groups is 1. The van der Waals surface area contributed by atoms with Gasteiger partial charge < -0.3 is 14.7 Å². The van der Waals surface area contributed by atoms with E-state index >= 15 is 0 Å². The van der Waals surface area contributed by atoms with Crippen molar-refractivity contribution in [1.29, 1.82) is 0 Å². The van der Waals surface area contributed by atoms with Gasteiger partial charge in [0.2, 0.25) is 10.0 Å². The summed E-state index contributed by atoms with van der Waals surface area (Å²) in [5.74, 6) is -1.59. The number of ether oxygens (including phenoxy) is 1. The zero-order valence-electron chi connectivity index (χ0n) is 19.4. The van der Waals surface area contributed by atoms with E-state index in [2.05, 4.69) is 0 Å². The number of β-amino-alcohol motifs (C(OH)–C–C–N with tert-alkyl or cyclic N) is 1. The van der Waals surface area contributed by atoms with E-state index in [1.807, 2.05) is 0 Å². The monoisotopic (exact) mass is 540 g/mol. The quantitative estimate of drug-likeness (QED) is 0.597. The summed E-state index contributed by atoms with van der Waals surface area (Å²) < 4.78 is 63.6. The Morgan fingerprint density at radius 3 is 2.31 bits per heavy atom. The molecule has 1 saturated carbocycles. The number of sulfonamides is 1. The standard InChI is InChI=1S/C25H27ClF2N2O5S/c26-17-4-6-21(7-5-17)36(33,34)30-22(16-12-18(27)14-19(28)13-16)2-1-3-23(30)25(9-10-25)35-24(32)29-11-8-20(31)15-29/h4-7,12-14,20,22-23,31H,1-3,8-11,15H2/t20-,22+,23-/m1/s1. The zero-order valence-corrected chi connectivity index (χ0v) is 21.0. The van der Waals surface area contributed by atoms with Crippen molar-refractivity contribution in [3.8, 4) is 0 Å². The maximum Gasteiger partial charge on any atom is 0.410 e. The fourth-order valence-electron chi connectivity index (χ4n) is 5.39. The van der Waals surface area contributed by atoms with Crippen molar-refractivity contribution in [2.24, 2.45) is 0 Å². The largest absolute Gasteiger partial charge is 0.441 e. The van der Waals surface area contributed by atoms with Crippen molar-refractivity contribution in [3.05, 3.63) is 64.7 Å². The number of carbonyl (C=O) groups is 1. The highest BCUT2D eigenvalue weighted by molar-refractivity contribution is 7.89. The Bertz CT molecular complexity index is 1240. The van der Waals surface area contributed by atoms with Gasteiger partial charge in [-0.25, -0.2) is 22.0 Å². The summed E-state index contributed by atoms with van der Waals surface area (Å²) in [5, 5.41) is 10.2. The number of hydrogen-bond donors (Lipinski definition) is 1. The van der Waals surface area contributed by atoms with Gasteiger partial charge in [0.05, 0.1) is 23.1 Å². The number of benzene rings is 2. The highest BCUT2D eigenvalue weighted by Crippen LogP contribution is 2.52. The lowest BCUT2D eigenvalue weighted by Gasteiger charge is -2.44. The number of piperidine rings is 1. The van der Waals surface area contributed by atoms with Gasteiger partial charge in [0.25, 0.3) is 0 Å². The van der Waals surface area contributed by atoms with Gasteiger partial charge in [-0.1, -0.05) is 11.6 Å². The Morgan fingerprint density at radius 2 is 1.72 bits per heavy atom. The second kappa shape index (κ2) is 9.55. The third-order valence-corrected chi connectivity index (χ3v) is 9.47. The molecule has 0 unspecified atom stereocenters. The number of hydrogen-bond acceptors (Lipinski definition) is 5. The molecule has 2 aliphatic heterocycles. The van der Waals surface area contributed by atoms with Crippen LogP contribution in [0.3, 0.4) is 0 Å². The molecule has 2 saturated heterocycles. The van der Waals surface area contributed by atoms with Crippen LogP contribution in [0.1, 0.15) is 50.1 Å². The van der Waals surface area contributed by atoms with E-state index in [0.717, 1.165) is 18.2 Å². The van der Waals surface area contributed by atoms with E-state index < -0.39 is 51.5 Å². The van der Waals surface area contributed by atoms with Gasteiger partial charge in [-0.3, -0.25) is 0 Å². The lowest BCUT2D eigenvalue weighted by atomic mass is 9.90. The van der Waals surface area contributed by atoms with E-state index in [9.17, 15) is 27.1 Å². The molecule has 5 rings (SSSR count). The second-order valence-corrected chi connectivity index (χ2v) is 12.1. The molecule has 3 fully saturated rings. The minimum atomic E-state index is -4.17. The number of rotatable bonds is 5. The highest BCUT2D eigenvalue weighted by Gasteiger charge is 2.60. The zero-order chi connectivity index (χ0) is 25.7. The molecule has 194 valence electrons. The van der Waals surface area contributed by atoms with Crippen LogP contribution in [-0.4, -0.2) is 59.7 Å². The topological polar surface area (TPSA) is 87.2 Å². The normalized spacial score (nSPS) is 26.1. The van der Waals surface area contributed by atoms with Crippen LogP contribution in [0.15, 0.2) is 47.4 Å². The predicted octanol–water partition coefficient (Wildman–Crippen LogP) is 4.64. The van der Waals surface area contributed by atoms with E-state index in [1.54, 1.807) is 0 Å². The molecule has 0 radical (unpaired) electrons. The molecule has 1 amide bonds. The maximum absolute atomic E-state index is 14.2. The van der Waals surface area contributed by atoms with E-state index in [-0.39, 0.29) is 17.0 Å². The number of carbonyl (C=O) groups excluding carboxylic acids is 1. The van der Waals surface area contributed by atoms with E-state index in [0.29, 0.717) is 50.1 Å². The third kappa shape index (κ3) is 4.83. The average Bonchev–Trinajstić information content (AvgIpc) is 3.48. The van der Waals surface area contributed by atoms with Gasteiger partial charge in [0, 0.05) is 24.2 Å². The maximum atomic E-state index is 14.2. The molecule has 0 spiro atoms. The molecule has 7 nitrogen and oxygen atoms in total. The summed E-state index contributed by atoms with van der Waals surface area (Å²) in [6.45, 7) is 0.524. The van der Waals surface area contributed by atoms with Crippen LogP contribution in [0.2, 0.25) is 5.02 Å². The first-order valence-corrected chi connectivity index (χ1v) is 13.8. The number of nitrogens with zero attached hydrogens (tertiary/aromatic N) is 2. The fourth-order valence-corrected chi connectivity index (χ4v) is 7.43. The van der Waals surface area contributed by atoms with Gasteiger partial charge in [-0.05, 0) is 80.5 Å². The molecule has 3 aliphatic rings. The molecule has 0 aromatic heterocycles. The van der Waals surface area contributed by atoms with Gasteiger partial charge in [-0.2, -0.15) is 4.31 Å². The smallest absolute Gasteiger partial charge is 0.410 e. The lowest BCUT2D eigenvalue weighted by molar-refractivity contribution is -0.00722. The third-order valence-electron chi connectivity index (χ3n) is 7.29. The summed E-state index contributed by atoms with van der Waals surface area (Å²) in [7, 11) is -4.17. The van der Waals surface area contributed by atoms with Crippen LogP contribution in [0.4, 0.5) is 13.6 Å². The van der Waals surface area contributed by atoms with Crippen molar-refractivity contribution in [2.45, 2.75) is 67.2 Å². The molecule has 1 N–H and O–H groups in total. The van der Waals surface area contributed by atoms with E-state index in [1.165, 1.54) is 33.5 Å². The van der Waals surface area contributed by atoms with Gasteiger partial charge in [0.1, 0.15) is 17.2 Å². The average molecular weight is 541 g/mol. The minimum Gasteiger partial charge on any atom is -0.441 e. The fraction of sp³-hybridized carbons (Fsp3) is 0.480. The minimum absolute atomic E-state index is 0.00883. The van der Waals surface area contributed by atoms with Crippen molar-refractivity contribution >= 4 is 27.7 Å².